The van der Waals surface area contributed by atoms with E-state index in [-0.39, 0.29) is 31.6 Å². The lowest BCUT2D eigenvalue weighted by molar-refractivity contribution is -0.166. The predicted molar refractivity (Wildman–Crippen MR) is 279 cm³/mol. The van der Waals surface area contributed by atoms with Crippen LogP contribution in [0.4, 0.5) is 0 Å². The van der Waals surface area contributed by atoms with E-state index >= 15 is 0 Å². The van der Waals surface area contributed by atoms with Gasteiger partial charge in [0, 0.05) is 12.8 Å². The topological polar surface area (TPSA) is 78.9 Å². The first-order valence-corrected chi connectivity index (χ1v) is 27.4. The first kappa shape index (κ1) is 61.9. The molecule has 0 aromatic carbocycles. The Hall–Kier alpha value is -3.15. The van der Waals surface area contributed by atoms with Gasteiger partial charge >= 0.3 is 17.9 Å². The molecule has 6 nitrogen and oxygen atoms in total. The maximum atomic E-state index is 12.7. The Morgan fingerprint density at radius 2 is 0.646 bits per heavy atom. The molecule has 1 unspecified atom stereocenters. The number of carbonyl (C=O) groups excluding carboxylic acids is 3. The Kier molecular flexibility index (Phi) is 50.9. The summed E-state index contributed by atoms with van der Waals surface area (Å²) in [7, 11) is 0. The van der Waals surface area contributed by atoms with E-state index in [1.54, 1.807) is 6.08 Å². The van der Waals surface area contributed by atoms with E-state index in [1.165, 1.54) is 154 Å². The van der Waals surface area contributed by atoms with Crippen molar-refractivity contribution in [3.05, 3.63) is 72.9 Å². The van der Waals surface area contributed by atoms with Gasteiger partial charge in [-0.25, -0.2) is 0 Å². The van der Waals surface area contributed by atoms with Gasteiger partial charge in [-0.05, 0) is 70.6 Å². The fraction of sp³-hybridized carbons (Fsp3) is 0.746. The average Bonchev–Trinajstić information content (AvgIpc) is 3.30. The molecule has 65 heavy (non-hydrogen) atoms. The summed E-state index contributed by atoms with van der Waals surface area (Å²) in [5, 5.41) is 0. The molecule has 374 valence electrons. The van der Waals surface area contributed by atoms with Gasteiger partial charge in [-0.15, -0.1) is 0 Å². The maximum Gasteiger partial charge on any atom is 0.310 e. The summed E-state index contributed by atoms with van der Waals surface area (Å²) in [6.07, 6.45) is 67.9. The summed E-state index contributed by atoms with van der Waals surface area (Å²) >= 11 is 0. The Balaban J connectivity index is 4.31. The predicted octanol–water partition coefficient (Wildman–Crippen LogP) is 18.2. The highest BCUT2D eigenvalue weighted by Gasteiger charge is 2.19. The third kappa shape index (κ3) is 51.7. The summed E-state index contributed by atoms with van der Waals surface area (Å²) in [5.41, 5.74) is 0. The van der Waals surface area contributed by atoms with E-state index in [4.69, 9.17) is 14.2 Å². The van der Waals surface area contributed by atoms with Crippen molar-refractivity contribution >= 4 is 17.9 Å². The molecule has 0 heterocycles. The van der Waals surface area contributed by atoms with E-state index < -0.39 is 12.1 Å². The van der Waals surface area contributed by atoms with Crippen LogP contribution in [0.15, 0.2) is 72.9 Å². The molecular formula is C59H102O6. The van der Waals surface area contributed by atoms with Crippen molar-refractivity contribution in [2.75, 3.05) is 13.2 Å². The summed E-state index contributed by atoms with van der Waals surface area (Å²) < 4.78 is 16.7. The molecule has 0 bridgehead atoms. The Morgan fingerprint density at radius 1 is 0.338 bits per heavy atom. The quantitative estimate of drug-likeness (QED) is 0.0262. The highest BCUT2D eigenvalue weighted by molar-refractivity contribution is 5.72. The fourth-order valence-electron chi connectivity index (χ4n) is 7.63. The molecule has 0 aromatic rings. The van der Waals surface area contributed by atoms with Crippen LogP contribution in [0.2, 0.25) is 0 Å². The Morgan fingerprint density at radius 3 is 1.00 bits per heavy atom. The lowest BCUT2D eigenvalue weighted by Gasteiger charge is -2.18. The van der Waals surface area contributed by atoms with Crippen molar-refractivity contribution in [1.29, 1.82) is 0 Å². The number of esters is 3. The van der Waals surface area contributed by atoms with Crippen LogP contribution in [0, 0.1) is 0 Å². The van der Waals surface area contributed by atoms with Gasteiger partial charge in [0.25, 0.3) is 0 Å². The van der Waals surface area contributed by atoms with Crippen molar-refractivity contribution in [2.24, 2.45) is 0 Å². The second kappa shape index (κ2) is 53.5. The normalized spacial score (nSPS) is 12.6. The Bertz CT molecular complexity index is 1230. The average molecular weight is 907 g/mol. The molecule has 0 saturated heterocycles. The third-order valence-corrected chi connectivity index (χ3v) is 11.7. The second-order valence-electron chi connectivity index (χ2n) is 18.1. The van der Waals surface area contributed by atoms with Crippen LogP contribution >= 0.6 is 0 Å². The van der Waals surface area contributed by atoms with Gasteiger partial charge in [-0.1, -0.05) is 248 Å². The highest BCUT2D eigenvalue weighted by Crippen LogP contribution is 2.15. The molecule has 0 aliphatic rings. The van der Waals surface area contributed by atoms with E-state index in [2.05, 4.69) is 81.5 Å². The number of allylic oxidation sites excluding steroid dienone is 11. The van der Waals surface area contributed by atoms with Crippen molar-refractivity contribution < 1.29 is 28.6 Å². The molecule has 0 N–H and O–H groups in total. The van der Waals surface area contributed by atoms with Crippen molar-refractivity contribution in [1.82, 2.24) is 0 Å². The van der Waals surface area contributed by atoms with Crippen LogP contribution in [0.3, 0.4) is 0 Å². The molecule has 0 rings (SSSR count). The van der Waals surface area contributed by atoms with Gasteiger partial charge in [-0.2, -0.15) is 0 Å². The summed E-state index contributed by atoms with van der Waals surface area (Å²) in [4.78, 5) is 37.9. The molecule has 0 amide bonds. The number of unbranched alkanes of at least 4 members (excludes halogenated alkanes) is 27. The fourth-order valence-corrected chi connectivity index (χ4v) is 7.63. The minimum atomic E-state index is -0.826. The third-order valence-electron chi connectivity index (χ3n) is 11.7. The molecule has 1 atom stereocenters. The zero-order valence-corrected chi connectivity index (χ0v) is 42.7. The Labute approximate surface area is 402 Å². The number of carbonyl (C=O) groups is 3. The van der Waals surface area contributed by atoms with Crippen LogP contribution in [0.25, 0.3) is 0 Å². The van der Waals surface area contributed by atoms with Crippen LogP contribution in [0.1, 0.15) is 265 Å². The van der Waals surface area contributed by atoms with Crippen LogP contribution in [-0.2, 0) is 28.6 Å². The van der Waals surface area contributed by atoms with Gasteiger partial charge in [-0.3, -0.25) is 14.4 Å². The lowest BCUT2D eigenvalue weighted by Crippen LogP contribution is -2.30. The van der Waals surface area contributed by atoms with Crippen LogP contribution in [0.5, 0.6) is 0 Å². The number of rotatable bonds is 49. The van der Waals surface area contributed by atoms with E-state index in [9.17, 15) is 14.4 Å². The molecular weight excluding hydrogens is 805 g/mol. The van der Waals surface area contributed by atoms with Gasteiger partial charge in [0.2, 0.25) is 0 Å². The van der Waals surface area contributed by atoms with Crippen LogP contribution in [-0.4, -0.2) is 37.2 Å². The molecule has 0 fully saturated rings. The zero-order chi connectivity index (χ0) is 47.2. The molecule has 0 aliphatic heterocycles. The number of hydrogen-bond donors (Lipinski definition) is 0. The molecule has 0 spiro atoms. The van der Waals surface area contributed by atoms with E-state index in [1.807, 2.05) is 6.08 Å². The second-order valence-corrected chi connectivity index (χ2v) is 18.1. The van der Waals surface area contributed by atoms with E-state index in [0.29, 0.717) is 12.8 Å². The molecule has 0 aromatic heterocycles. The molecule has 0 saturated carbocycles. The summed E-state index contributed by atoms with van der Waals surface area (Å²) in [5.74, 6) is -1.04. The highest BCUT2D eigenvalue weighted by atomic mass is 16.6. The lowest BCUT2D eigenvalue weighted by atomic mass is 10.0. The molecule has 6 heteroatoms. The van der Waals surface area contributed by atoms with Crippen LogP contribution < -0.4 is 0 Å². The van der Waals surface area contributed by atoms with Crippen molar-refractivity contribution in [2.45, 2.75) is 271 Å². The smallest absolute Gasteiger partial charge is 0.310 e. The number of ether oxygens (including phenoxy) is 3. The summed E-state index contributed by atoms with van der Waals surface area (Å²) in [6.45, 7) is 6.43. The number of hydrogen-bond acceptors (Lipinski definition) is 6. The SMILES string of the molecule is CC/C=C\C/C=C\C/C=C\C/C=C\C/C=C\CC(=O)OC(COC(=O)CCCCCCCCCCC)COC(=O)CCCCCCCCCCCCC/C=C\CCCCCCCCCC. The van der Waals surface area contributed by atoms with Gasteiger partial charge in [0.05, 0.1) is 6.42 Å². The summed E-state index contributed by atoms with van der Waals surface area (Å²) in [6, 6.07) is 0. The maximum absolute atomic E-state index is 12.7. The first-order valence-electron chi connectivity index (χ1n) is 27.4. The monoisotopic (exact) mass is 907 g/mol. The zero-order valence-electron chi connectivity index (χ0n) is 42.7. The van der Waals surface area contributed by atoms with Crippen molar-refractivity contribution in [3.8, 4) is 0 Å². The van der Waals surface area contributed by atoms with E-state index in [0.717, 1.165) is 70.6 Å². The standard InChI is InChI=1S/C59H102O6/c1-4-7-10-13-16-19-21-23-25-26-27-28-29-30-31-32-34-35-37-40-43-46-49-52-58(61)64-55-56(54-63-57(60)51-48-45-42-39-18-15-12-9-6-3)65-59(62)53-50-47-44-41-38-36-33-24-22-20-17-14-11-8-5-2/h8,11,17,20,24,26-27,33,38,41,47,50,56H,4-7,9-10,12-16,18-19,21-23,25,28-32,34-37,39-40,42-46,48-49,51-55H2,1-3H3/b11-8-,20-17-,27-26-,33-24-,41-38-,50-47-. The molecule has 0 radical (unpaired) electrons. The van der Waals surface area contributed by atoms with Gasteiger partial charge in [0.15, 0.2) is 6.10 Å². The first-order chi connectivity index (χ1) is 32.0. The van der Waals surface area contributed by atoms with Gasteiger partial charge in [0.1, 0.15) is 13.2 Å². The largest absolute Gasteiger partial charge is 0.462 e. The van der Waals surface area contributed by atoms with Gasteiger partial charge < -0.3 is 14.2 Å². The molecule has 0 aliphatic carbocycles. The van der Waals surface area contributed by atoms with Crippen molar-refractivity contribution in [3.63, 3.8) is 0 Å². The minimum absolute atomic E-state index is 0.0989. The minimum Gasteiger partial charge on any atom is -0.462 e.